The van der Waals surface area contributed by atoms with Gasteiger partial charge in [0, 0.05) is 30.0 Å². The summed E-state index contributed by atoms with van der Waals surface area (Å²) in [4.78, 5) is 25.6. The van der Waals surface area contributed by atoms with Gasteiger partial charge in [0.15, 0.2) is 5.78 Å². The normalized spacial score (nSPS) is 11.0. The van der Waals surface area contributed by atoms with Crippen LogP contribution in [0.3, 0.4) is 0 Å². The number of carbonyl (C=O) groups excluding carboxylic acids is 1. The van der Waals surface area contributed by atoms with Gasteiger partial charge in [-0.15, -0.1) is 11.3 Å². The summed E-state index contributed by atoms with van der Waals surface area (Å²) in [7, 11) is 1.90. The summed E-state index contributed by atoms with van der Waals surface area (Å²) >= 11 is 7.70. The monoisotopic (exact) mass is 352 g/mol. The van der Waals surface area contributed by atoms with Crippen LogP contribution in [0.5, 0.6) is 0 Å². The highest BCUT2D eigenvalue weighted by Gasteiger charge is 2.14. The lowest BCUT2D eigenvalue weighted by Gasteiger charge is -2.15. The number of thiophene rings is 1. The molecule has 0 fully saturated rings. The highest BCUT2D eigenvalue weighted by molar-refractivity contribution is 7.10. The molecule has 0 atom stereocenters. The Hall–Kier alpha value is -1.76. The van der Waals surface area contributed by atoms with Gasteiger partial charge in [-0.25, -0.2) is 0 Å². The fourth-order valence-corrected chi connectivity index (χ4v) is 3.46. The molecule has 7 heteroatoms. The third-order valence-corrected chi connectivity index (χ3v) is 4.82. The Kier molecular flexibility index (Phi) is 5.87. The number of nitro benzene ring substituents is 1. The minimum atomic E-state index is -0.505. The van der Waals surface area contributed by atoms with Crippen LogP contribution in [0.4, 0.5) is 5.69 Å². The molecule has 0 amide bonds. The number of likely N-dealkylation sites (N-methyl/N-ethyl adjacent to an activating group) is 1. The Morgan fingerprint density at radius 1 is 1.39 bits per heavy atom. The molecule has 0 saturated carbocycles. The molecule has 0 radical (unpaired) electrons. The van der Waals surface area contributed by atoms with Gasteiger partial charge in [-0.3, -0.25) is 19.8 Å². The van der Waals surface area contributed by atoms with Gasteiger partial charge in [0.05, 0.1) is 16.5 Å². The third kappa shape index (κ3) is 4.86. The Morgan fingerprint density at radius 3 is 2.70 bits per heavy atom. The minimum Gasteiger partial charge on any atom is -0.298 e. The molecule has 0 saturated heterocycles. The van der Waals surface area contributed by atoms with E-state index in [0.717, 1.165) is 6.54 Å². The van der Waals surface area contributed by atoms with Crippen LogP contribution in [-0.2, 0) is 17.8 Å². The number of benzene rings is 1. The van der Waals surface area contributed by atoms with Crippen molar-refractivity contribution in [3.05, 3.63) is 60.8 Å². The number of halogens is 1. The average Bonchev–Trinajstić information content (AvgIpc) is 2.86. The average molecular weight is 353 g/mol. The van der Waals surface area contributed by atoms with Crippen LogP contribution in [0.1, 0.15) is 16.0 Å². The van der Waals surface area contributed by atoms with Gasteiger partial charge in [0.25, 0.3) is 5.69 Å². The smallest absolute Gasteiger partial charge is 0.270 e. The van der Waals surface area contributed by atoms with Gasteiger partial charge in [0.2, 0.25) is 0 Å². The summed E-state index contributed by atoms with van der Waals surface area (Å²) in [6.45, 7) is 3.09. The molecule has 122 valence electrons. The molecular formula is C16H17ClN2O3S. The first kappa shape index (κ1) is 17.6. The first-order valence-electron chi connectivity index (χ1n) is 7.03. The maximum absolute atomic E-state index is 12.2. The zero-order valence-electron chi connectivity index (χ0n) is 12.9. The number of Topliss-reactive ketones (excluding diaryl/α,β-unsaturated/α-hetero) is 1. The fourth-order valence-electron chi connectivity index (χ4n) is 2.23. The molecule has 1 heterocycles. The molecule has 2 rings (SSSR count). The van der Waals surface area contributed by atoms with Crippen molar-refractivity contribution in [3.8, 4) is 0 Å². The van der Waals surface area contributed by atoms with Crippen LogP contribution < -0.4 is 0 Å². The van der Waals surface area contributed by atoms with Gasteiger partial charge >= 0.3 is 0 Å². The number of hydrogen-bond acceptors (Lipinski definition) is 5. The zero-order chi connectivity index (χ0) is 17.0. The second kappa shape index (κ2) is 7.68. The molecule has 0 aliphatic rings. The lowest BCUT2D eigenvalue weighted by Crippen LogP contribution is -2.26. The van der Waals surface area contributed by atoms with Crippen molar-refractivity contribution in [1.82, 2.24) is 4.90 Å². The van der Waals surface area contributed by atoms with E-state index >= 15 is 0 Å². The van der Waals surface area contributed by atoms with Crippen LogP contribution in [0.15, 0.2) is 29.6 Å². The molecule has 0 spiro atoms. The molecular weight excluding hydrogens is 336 g/mol. The zero-order valence-corrected chi connectivity index (χ0v) is 14.5. The topological polar surface area (TPSA) is 63.5 Å². The van der Waals surface area contributed by atoms with E-state index in [-0.39, 0.29) is 22.9 Å². The summed E-state index contributed by atoms with van der Waals surface area (Å²) in [5, 5.41) is 13.0. The molecule has 0 N–H and O–H groups in total. The lowest BCUT2D eigenvalue weighted by molar-refractivity contribution is -0.384. The van der Waals surface area contributed by atoms with Gasteiger partial charge < -0.3 is 0 Å². The molecule has 1 aromatic heterocycles. The molecule has 5 nitrogen and oxygen atoms in total. The standard InChI is InChI=1S/C16H17ClN2O3S/c1-11-5-6-23-16(11)10-18(2)9-14(20)7-12-3-4-13(19(21)22)8-15(12)17/h3-6,8H,7,9-10H2,1-2H3. The number of hydrogen-bond donors (Lipinski definition) is 0. The van der Waals surface area contributed by atoms with E-state index < -0.39 is 4.92 Å². The number of carbonyl (C=O) groups is 1. The van der Waals surface area contributed by atoms with Gasteiger partial charge in [0.1, 0.15) is 0 Å². The Morgan fingerprint density at radius 2 is 2.13 bits per heavy atom. The van der Waals surface area contributed by atoms with E-state index in [2.05, 4.69) is 13.0 Å². The van der Waals surface area contributed by atoms with Gasteiger partial charge in [-0.1, -0.05) is 17.7 Å². The SMILES string of the molecule is Cc1ccsc1CN(C)CC(=O)Cc1ccc([N+](=O)[O-])cc1Cl. The predicted molar refractivity (Wildman–Crippen MR) is 92.2 cm³/mol. The van der Waals surface area contributed by atoms with Gasteiger partial charge in [-0.05, 0) is 36.5 Å². The number of non-ortho nitro benzene ring substituents is 1. The van der Waals surface area contributed by atoms with Crippen LogP contribution >= 0.6 is 22.9 Å². The van der Waals surface area contributed by atoms with Crippen molar-refractivity contribution < 1.29 is 9.72 Å². The first-order chi connectivity index (χ1) is 10.9. The Balaban J connectivity index is 1.94. The van der Waals surface area contributed by atoms with Crippen LogP contribution in [0, 0.1) is 17.0 Å². The van der Waals surface area contributed by atoms with Crippen molar-refractivity contribution in [2.45, 2.75) is 19.9 Å². The largest absolute Gasteiger partial charge is 0.298 e. The lowest BCUT2D eigenvalue weighted by atomic mass is 10.1. The van der Waals surface area contributed by atoms with Crippen LogP contribution in [-0.4, -0.2) is 29.2 Å². The quantitative estimate of drug-likeness (QED) is 0.560. The van der Waals surface area contributed by atoms with E-state index in [1.807, 2.05) is 17.3 Å². The number of nitrogens with zero attached hydrogens (tertiary/aromatic N) is 2. The summed E-state index contributed by atoms with van der Waals surface area (Å²) in [6, 6.07) is 6.25. The van der Waals surface area contributed by atoms with E-state index in [1.54, 1.807) is 17.4 Å². The minimum absolute atomic E-state index is 0.0254. The molecule has 2 aromatic rings. The fraction of sp³-hybridized carbons (Fsp3) is 0.312. The van der Waals surface area contributed by atoms with Crippen molar-refractivity contribution in [2.75, 3.05) is 13.6 Å². The van der Waals surface area contributed by atoms with E-state index in [9.17, 15) is 14.9 Å². The molecule has 0 unspecified atom stereocenters. The van der Waals surface area contributed by atoms with E-state index in [1.165, 1.54) is 22.6 Å². The predicted octanol–water partition coefficient (Wildman–Crippen LogP) is 3.86. The second-order valence-electron chi connectivity index (χ2n) is 5.45. The van der Waals surface area contributed by atoms with E-state index in [0.29, 0.717) is 12.1 Å². The third-order valence-electron chi connectivity index (χ3n) is 3.46. The molecule has 1 aromatic carbocycles. The van der Waals surface area contributed by atoms with Crippen molar-refractivity contribution >= 4 is 34.4 Å². The highest BCUT2D eigenvalue weighted by Crippen LogP contribution is 2.23. The van der Waals surface area contributed by atoms with Crippen LogP contribution in [0.2, 0.25) is 5.02 Å². The van der Waals surface area contributed by atoms with Crippen LogP contribution in [0.25, 0.3) is 0 Å². The number of rotatable bonds is 7. The highest BCUT2D eigenvalue weighted by atomic mass is 35.5. The maximum atomic E-state index is 12.2. The summed E-state index contributed by atoms with van der Waals surface area (Å²) in [5.74, 6) is 0.0254. The molecule has 0 aliphatic carbocycles. The van der Waals surface area contributed by atoms with Crippen molar-refractivity contribution in [1.29, 1.82) is 0 Å². The summed E-state index contributed by atoms with van der Waals surface area (Å²) in [6.07, 6.45) is 0.171. The number of nitro groups is 1. The second-order valence-corrected chi connectivity index (χ2v) is 6.86. The molecule has 0 bridgehead atoms. The van der Waals surface area contributed by atoms with Crippen molar-refractivity contribution in [2.24, 2.45) is 0 Å². The summed E-state index contributed by atoms with van der Waals surface area (Å²) in [5.41, 5.74) is 1.77. The van der Waals surface area contributed by atoms with Crippen molar-refractivity contribution in [3.63, 3.8) is 0 Å². The number of aryl methyl sites for hydroxylation is 1. The molecule has 0 aliphatic heterocycles. The summed E-state index contributed by atoms with van der Waals surface area (Å²) < 4.78 is 0. The first-order valence-corrected chi connectivity index (χ1v) is 8.28. The Labute approximate surface area is 143 Å². The molecule has 23 heavy (non-hydrogen) atoms. The number of ketones is 1. The Bertz CT molecular complexity index is 730. The van der Waals surface area contributed by atoms with Gasteiger partial charge in [-0.2, -0.15) is 0 Å². The van der Waals surface area contributed by atoms with E-state index in [4.69, 9.17) is 11.6 Å². The maximum Gasteiger partial charge on any atom is 0.270 e.